The molecule has 0 aliphatic carbocycles. The van der Waals surface area contributed by atoms with Gasteiger partial charge in [0.05, 0.1) is 23.7 Å². The zero-order valence-corrected chi connectivity index (χ0v) is 16.5. The highest BCUT2D eigenvalue weighted by molar-refractivity contribution is 7.80. The Morgan fingerprint density at radius 2 is 1.73 bits per heavy atom. The predicted octanol–water partition coefficient (Wildman–Crippen LogP) is 2.26. The van der Waals surface area contributed by atoms with Crippen LogP contribution in [0.15, 0.2) is 42.5 Å². The topological polar surface area (TPSA) is 134 Å². The third kappa shape index (κ3) is 5.07. The van der Waals surface area contributed by atoms with Gasteiger partial charge in [-0.1, -0.05) is 0 Å². The van der Waals surface area contributed by atoms with Crippen molar-refractivity contribution in [1.29, 1.82) is 0 Å². The van der Waals surface area contributed by atoms with Gasteiger partial charge in [-0.2, -0.15) is 0 Å². The standard InChI is InChI=1S/C19H18N4O6S/c24-17(21-19(30)20-14-4-1-12(2-5-14)18(25)26)13-3-6-15(16(11-13)23(27)28)22-7-9-29-10-8-22/h1-6,11H,7-10H2,(H,25,26)(H2,20,21,24,30). The summed E-state index contributed by atoms with van der Waals surface area (Å²) in [4.78, 5) is 36.2. The molecule has 156 valence electrons. The van der Waals surface area contributed by atoms with Crippen LogP contribution in [-0.2, 0) is 4.74 Å². The Kier molecular flexibility index (Phi) is 6.54. The summed E-state index contributed by atoms with van der Waals surface area (Å²) in [5, 5.41) is 25.6. The lowest BCUT2D eigenvalue weighted by Crippen LogP contribution is -2.37. The number of benzene rings is 2. The van der Waals surface area contributed by atoms with Gasteiger partial charge in [-0.05, 0) is 48.6 Å². The van der Waals surface area contributed by atoms with Crippen molar-refractivity contribution < 1.29 is 24.4 Å². The minimum Gasteiger partial charge on any atom is -0.478 e. The first-order valence-electron chi connectivity index (χ1n) is 8.92. The second kappa shape index (κ2) is 9.29. The maximum absolute atomic E-state index is 12.5. The number of ether oxygens (including phenoxy) is 1. The number of carbonyl (C=O) groups is 2. The SMILES string of the molecule is O=C(O)c1ccc(NC(=S)NC(=O)c2ccc(N3CCOCC3)c([N+](=O)[O-])c2)cc1. The van der Waals surface area contributed by atoms with Crippen molar-refractivity contribution in [2.24, 2.45) is 0 Å². The van der Waals surface area contributed by atoms with Crippen LogP contribution >= 0.6 is 12.2 Å². The molecule has 1 fully saturated rings. The quantitative estimate of drug-likeness (QED) is 0.371. The lowest BCUT2D eigenvalue weighted by molar-refractivity contribution is -0.384. The second-order valence-corrected chi connectivity index (χ2v) is 6.76. The summed E-state index contributed by atoms with van der Waals surface area (Å²) in [7, 11) is 0. The highest BCUT2D eigenvalue weighted by Crippen LogP contribution is 2.30. The first-order valence-corrected chi connectivity index (χ1v) is 9.33. The number of morpholine rings is 1. The van der Waals surface area contributed by atoms with Gasteiger partial charge in [0.25, 0.3) is 11.6 Å². The lowest BCUT2D eigenvalue weighted by Gasteiger charge is -2.28. The molecule has 3 N–H and O–H groups in total. The van der Waals surface area contributed by atoms with Crippen LogP contribution in [0.1, 0.15) is 20.7 Å². The molecule has 0 atom stereocenters. The number of carbonyl (C=O) groups excluding carboxylic acids is 1. The number of hydrogen-bond acceptors (Lipinski definition) is 7. The van der Waals surface area contributed by atoms with Crippen molar-refractivity contribution in [3.8, 4) is 0 Å². The molecule has 2 aromatic rings. The highest BCUT2D eigenvalue weighted by atomic mass is 32.1. The van der Waals surface area contributed by atoms with Gasteiger partial charge in [0.15, 0.2) is 5.11 Å². The number of hydrogen-bond donors (Lipinski definition) is 3. The number of anilines is 2. The minimum absolute atomic E-state index is 0.0250. The van der Waals surface area contributed by atoms with E-state index in [0.29, 0.717) is 37.7 Å². The Balaban J connectivity index is 1.69. The van der Waals surface area contributed by atoms with Gasteiger partial charge in [0, 0.05) is 30.4 Å². The van der Waals surface area contributed by atoms with Crippen LogP contribution in [0.4, 0.5) is 17.1 Å². The van der Waals surface area contributed by atoms with Crippen LogP contribution in [0.25, 0.3) is 0 Å². The molecule has 0 spiro atoms. The molecule has 1 saturated heterocycles. The Bertz CT molecular complexity index is 989. The van der Waals surface area contributed by atoms with Crippen LogP contribution < -0.4 is 15.5 Å². The van der Waals surface area contributed by atoms with E-state index in [-0.39, 0.29) is 21.9 Å². The van der Waals surface area contributed by atoms with Gasteiger partial charge in [0.1, 0.15) is 5.69 Å². The molecule has 1 aliphatic rings. The molecule has 0 radical (unpaired) electrons. The van der Waals surface area contributed by atoms with Crippen molar-refractivity contribution in [3.63, 3.8) is 0 Å². The first-order chi connectivity index (χ1) is 14.3. The molecule has 0 aromatic heterocycles. The number of nitrogens with zero attached hydrogens (tertiary/aromatic N) is 2. The molecular formula is C19H18N4O6S. The van der Waals surface area contributed by atoms with Gasteiger partial charge in [-0.15, -0.1) is 0 Å². The number of nitro benzene ring substituents is 1. The predicted molar refractivity (Wildman–Crippen MR) is 113 cm³/mol. The number of carboxylic acid groups (broad SMARTS) is 1. The monoisotopic (exact) mass is 430 g/mol. The van der Waals surface area contributed by atoms with E-state index in [1.807, 2.05) is 4.90 Å². The van der Waals surface area contributed by atoms with Gasteiger partial charge >= 0.3 is 5.97 Å². The number of nitro groups is 1. The smallest absolute Gasteiger partial charge is 0.335 e. The summed E-state index contributed by atoms with van der Waals surface area (Å²) < 4.78 is 5.27. The van der Waals surface area contributed by atoms with Crippen molar-refractivity contribution >= 4 is 46.3 Å². The van der Waals surface area contributed by atoms with E-state index in [1.165, 1.54) is 36.4 Å². The number of nitrogens with one attached hydrogen (secondary N) is 2. The average molecular weight is 430 g/mol. The zero-order chi connectivity index (χ0) is 21.7. The fraction of sp³-hybridized carbons (Fsp3) is 0.211. The summed E-state index contributed by atoms with van der Waals surface area (Å²) in [5.41, 5.74) is 0.943. The van der Waals surface area contributed by atoms with Gasteiger partial charge in [-0.3, -0.25) is 20.2 Å². The van der Waals surface area contributed by atoms with Crippen LogP contribution in [-0.4, -0.2) is 53.3 Å². The summed E-state index contributed by atoms with van der Waals surface area (Å²) in [6.07, 6.45) is 0. The van der Waals surface area contributed by atoms with Crippen LogP contribution in [0.2, 0.25) is 0 Å². The fourth-order valence-corrected chi connectivity index (χ4v) is 3.13. The van der Waals surface area contributed by atoms with E-state index >= 15 is 0 Å². The molecular weight excluding hydrogens is 412 g/mol. The number of aromatic carboxylic acids is 1. The zero-order valence-electron chi connectivity index (χ0n) is 15.7. The molecule has 10 nitrogen and oxygen atoms in total. The van der Waals surface area contributed by atoms with Gasteiger partial charge < -0.3 is 20.1 Å². The Morgan fingerprint density at radius 3 is 2.33 bits per heavy atom. The molecule has 30 heavy (non-hydrogen) atoms. The average Bonchev–Trinajstić information content (AvgIpc) is 2.74. The molecule has 2 aromatic carbocycles. The number of rotatable bonds is 5. The summed E-state index contributed by atoms with van der Waals surface area (Å²) in [6, 6.07) is 10.0. The first kappa shape index (κ1) is 21.1. The van der Waals surface area contributed by atoms with Crippen LogP contribution in [0.3, 0.4) is 0 Å². The normalized spacial score (nSPS) is 13.4. The van der Waals surface area contributed by atoms with Gasteiger partial charge in [0.2, 0.25) is 0 Å². The van der Waals surface area contributed by atoms with Crippen molar-refractivity contribution in [3.05, 3.63) is 63.7 Å². The molecule has 1 heterocycles. The molecule has 0 saturated carbocycles. The fourth-order valence-electron chi connectivity index (χ4n) is 2.92. The van der Waals surface area contributed by atoms with E-state index in [9.17, 15) is 19.7 Å². The molecule has 1 aliphatic heterocycles. The molecule has 11 heteroatoms. The van der Waals surface area contributed by atoms with Crippen molar-refractivity contribution in [2.45, 2.75) is 0 Å². The van der Waals surface area contributed by atoms with Gasteiger partial charge in [-0.25, -0.2) is 4.79 Å². The van der Waals surface area contributed by atoms with E-state index in [2.05, 4.69) is 10.6 Å². The van der Waals surface area contributed by atoms with Crippen molar-refractivity contribution in [1.82, 2.24) is 5.32 Å². The van der Waals surface area contributed by atoms with E-state index in [4.69, 9.17) is 22.1 Å². The molecule has 3 rings (SSSR count). The number of carboxylic acids is 1. The van der Waals surface area contributed by atoms with Crippen LogP contribution in [0.5, 0.6) is 0 Å². The minimum atomic E-state index is -1.06. The Labute approximate surface area is 176 Å². The highest BCUT2D eigenvalue weighted by Gasteiger charge is 2.23. The molecule has 0 bridgehead atoms. The lowest BCUT2D eigenvalue weighted by atomic mass is 10.1. The van der Waals surface area contributed by atoms with E-state index < -0.39 is 16.8 Å². The Morgan fingerprint density at radius 1 is 1.10 bits per heavy atom. The summed E-state index contributed by atoms with van der Waals surface area (Å²) in [6.45, 7) is 2.02. The number of thiocarbonyl (C=S) groups is 1. The number of amides is 1. The maximum Gasteiger partial charge on any atom is 0.335 e. The van der Waals surface area contributed by atoms with Crippen LogP contribution in [0, 0.1) is 10.1 Å². The Hall–Kier alpha value is -3.57. The largest absolute Gasteiger partial charge is 0.478 e. The van der Waals surface area contributed by atoms with E-state index in [0.717, 1.165) is 0 Å². The second-order valence-electron chi connectivity index (χ2n) is 6.35. The van der Waals surface area contributed by atoms with E-state index in [1.54, 1.807) is 6.07 Å². The van der Waals surface area contributed by atoms with Crippen molar-refractivity contribution in [2.75, 3.05) is 36.5 Å². The summed E-state index contributed by atoms with van der Waals surface area (Å²) in [5.74, 6) is -1.66. The third-order valence-electron chi connectivity index (χ3n) is 4.40. The third-order valence-corrected chi connectivity index (χ3v) is 4.61. The maximum atomic E-state index is 12.5. The molecule has 1 amide bonds. The summed E-state index contributed by atoms with van der Waals surface area (Å²) >= 11 is 5.09. The molecule has 0 unspecified atom stereocenters.